The second-order valence-electron chi connectivity index (χ2n) is 8.45. The van der Waals surface area contributed by atoms with Gasteiger partial charge >= 0.3 is 6.09 Å². The Kier molecular flexibility index (Phi) is 10.8. The zero-order chi connectivity index (χ0) is 21.9. The number of likely N-dealkylation sites (N-methyl/N-ethyl adjacent to an activating group) is 1. The van der Waals surface area contributed by atoms with Gasteiger partial charge in [0.25, 0.3) is 0 Å². The molecule has 0 aromatic heterocycles. The van der Waals surface area contributed by atoms with Gasteiger partial charge in [-0.1, -0.05) is 13.3 Å². The van der Waals surface area contributed by atoms with E-state index in [4.69, 9.17) is 4.74 Å². The average Bonchev–Trinajstić information content (AvgIpc) is 2.64. The van der Waals surface area contributed by atoms with Crippen LogP contribution in [0.2, 0.25) is 0 Å². The van der Waals surface area contributed by atoms with Crippen molar-refractivity contribution in [1.29, 1.82) is 0 Å². The molecule has 1 rings (SSSR count). The molecule has 0 radical (unpaired) electrons. The Bertz CT molecular complexity index is 539. The minimum absolute atomic E-state index is 0.0391. The normalized spacial score (nSPS) is 17.4. The monoisotopic (exact) mass is 412 g/mol. The summed E-state index contributed by atoms with van der Waals surface area (Å²) >= 11 is 0. The minimum Gasteiger partial charge on any atom is -0.444 e. The van der Waals surface area contributed by atoms with Gasteiger partial charge < -0.3 is 26.0 Å². The Labute approximate surface area is 175 Å². The van der Waals surface area contributed by atoms with E-state index in [1.807, 2.05) is 20.8 Å². The maximum absolute atomic E-state index is 12.1. The first kappa shape index (κ1) is 25.0. The quantitative estimate of drug-likeness (QED) is 0.351. The molecule has 9 heteroatoms. The number of carbonyl (C=O) groups excluding carboxylic acids is 2. The number of ether oxygens (including phenoxy) is 1. The number of aliphatic imine (C=N–C) groups is 1. The molecular formula is C20H40N6O3. The van der Waals surface area contributed by atoms with E-state index in [-0.39, 0.29) is 11.9 Å². The lowest BCUT2D eigenvalue weighted by molar-refractivity contribution is -0.122. The van der Waals surface area contributed by atoms with Crippen LogP contribution in [0, 0.1) is 0 Å². The fraction of sp³-hybridized carbons (Fsp3) is 0.850. The molecule has 1 aliphatic heterocycles. The lowest BCUT2D eigenvalue weighted by atomic mass is 10.1. The van der Waals surface area contributed by atoms with Crippen molar-refractivity contribution >= 4 is 18.0 Å². The maximum atomic E-state index is 12.1. The minimum atomic E-state index is -0.515. The van der Waals surface area contributed by atoms with Gasteiger partial charge in [0.2, 0.25) is 5.91 Å². The summed E-state index contributed by atoms with van der Waals surface area (Å²) in [6, 6.07) is 0.272. The molecule has 9 nitrogen and oxygen atoms in total. The van der Waals surface area contributed by atoms with Gasteiger partial charge in [0, 0.05) is 45.8 Å². The average molecular weight is 413 g/mol. The summed E-state index contributed by atoms with van der Waals surface area (Å²) in [6.45, 7) is 10.4. The highest BCUT2D eigenvalue weighted by Gasteiger charge is 2.22. The van der Waals surface area contributed by atoms with Crippen LogP contribution in [0.4, 0.5) is 4.79 Å². The van der Waals surface area contributed by atoms with Gasteiger partial charge in [-0.3, -0.25) is 14.7 Å². The molecule has 0 spiro atoms. The van der Waals surface area contributed by atoms with Gasteiger partial charge in [0.15, 0.2) is 5.96 Å². The van der Waals surface area contributed by atoms with Crippen LogP contribution in [0.15, 0.2) is 4.99 Å². The van der Waals surface area contributed by atoms with Gasteiger partial charge in [-0.05, 0) is 40.0 Å². The van der Waals surface area contributed by atoms with Crippen LogP contribution in [0.3, 0.4) is 0 Å². The summed E-state index contributed by atoms with van der Waals surface area (Å²) < 4.78 is 5.36. The number of hydrogen-bond acceptors (Lipinski definition) is 5. The Morgan fingerprint density at radius 2 is 1.90 bits per heavy atom. The summed E-state index contributed by atoms with van der Waals surface area (Å²) in [5.74, 6) is 0.773. The number of amides is 2. The van der Waals surface area contributed by atoms with Crippen molar-refractivity contribution in [3.05, 3.63) is 0 Å². The van der Waals surface area contributed by atoms with Crippen molar-refractivity contribution in [2.45, 2.75) is 71.1 Å². The molecule has 1 atom stereocenters. The molecule has 0 aliphatic carbocycles. The van der Waals surface area contributed by atoms with Crippen LogP contribution in [0.5, 0.6) is 0 Å². The van der Waals surface area contributed by atoms with E-state index in [0.717, 1.165) is 44.7 Å². The highest BCUT2D eigenvalue weighted by atomic mass is 16.6. The van der Waals surface area contributed by atoms with Crippen molar-refractivity contribution in [1.82, 2.24) is 26.2 Å². The number of rotatable bonds is 8. The molecule has 0 saturated carbocycles. The Morgan fingerprint density at radius 3 is 2.41 bits per heavy atom. The SMILES string of the molecule is CCCC(CNC(=NC)NC1CCN(CC(=O)NC)CC1)NC(=O)OC(C)(C)C. The Morgan fingerprint density at radius 1 is 1.24 bits per heavy atom. The van der Waals surface area contributed by atoms with Crippen molar-refractivity contribution in [2.24, 2.45) is 4.99 Å². The van der Waals surface area contributed by atoms with Crippen LogP contribution in [-0.2, 0) is 9.53 Å². The van der Waals surface area contributed by atoms with Crippen LogP contribution >= 0.6 is 0 Å². The van der Waals surface area contributed by atoms with Crippen molar-refractivity contribution < 1.29 is 14.3 Å². The molecule has 0 bridgehead atoms. The Hall–Kier alpha value is -2.03. The van der Waals surface area contributed by atoms with Crippen LogP contribution in [-0.4, -0.2) is 80.8 Å². The first-order valence-corrected chi connectivity index (χ1v) is 10.6. The van der Waals surface area contributed by atoms with E-state index < -0.39 is 11.7 Å². The van der Waals surface area contributed by atoms with Gasteiger partial charge in [-0.25, -0.2) is 4.79 Å². The molecular weight excluding hydrogens is 372 g/mol. The molecule has 1 heterocycles. The molecule has 0 aromatic rings. The van der Waals surface area contributed by atoms with Crippen LogP contribution in [0.25, 0.3) is 0 Å². The van der Waals surface area contributed by atoms with Crippen LogP contribution in [0.1, 0.15) is 53.4 Å². The van der Waals surface area contributed by atoms with E-state index in [0.29, 0.717) is 19.1 Å². The smallest absolute Gasteiger partial charge is 0.407 e. The van der Waals surface area contributed by atoms with Gasteiger partial charge in [-0.15, -0.1) is 0 Å². The zero-order valence-corrected chi connectivity index (χ0v) is 18.9. The zero-order valence-electron chi connectivity index (χ0n) is 18.9. The molecule has 1 aliphatic rings. The molecule has 1 unspecified atom stereocenters. The number of carbonyl (C=O) groups is 2. The van der Waals surface area contributed by atoms with E-state index >= 15 is 0 Å². The third-order valence-corrected chi connectivity index (χ3v) is 4.67. The largest absolute Gasteiger partial charge is 0.444 e. The number of guanidine groups is 1. The summed E-state index contributed by atoms with van der Waals surface area (Å²) in [7, 11) is 3.40. The van der Waals surface area contributed by atoms with E-state index in [2.05, 4.69) is 38.1 Å². The predicted octanol–water partition coefficient (Wildman–Crippen LogP) is 1.06. The first-order chi connectivity index (χ1) is 13.7. The summed E-state index contributed by atoms with van der Waals surface area (Å²) in [5, 5.41) is 12.4. The lowest BCUT2D eigenvalue weighted by Crippen LogP contribution is -2.52. The lowest BCUT2D eigenvalue weighted by Gasteiger charge is -2.32. The number of likely N-dealkylation sites (tertiary alicyclic amines) is 1. The standard InChI is InChI=1S/C20H40N6O3/c1-7-8-16(25-19(28)29-20(2,3)4)13-23-18(22-6)24-15-9-11-26(12-10-15)14-17(27)21-5/h15-16H,7-14H2,1-6H3,(H,21,27)(H,25,28)(H2,22,23,24). The van der Waals surface area contributed by atoms with Crippen molar-refractivity contribution in [2.75, 3.05) is 40.3 Å². The van der Waals surface area contributed by atoms with Crippen molar-refractivity contribution in [3.63, 3.8) is 0 Å². The number of nitrogens with one attached hydrogen (secondary N) is 4. The topological polar surface area (TPSA) is 107 Å². The summed E-state index contributed by atoms with van der Waals surface area (Å²) in [6.07, 6.45) is 3.31. The highest BCUT2D eigenvalue weighted by molar-refractivity contribution is 5.80. The number of nitrogens with zero attached hydrogens (tertiary/aromatic N) is 2. The summed E-state index contributed by atoms with van der Waals surface area (Å²) in [5.41, 5.74) is -0.515. The molecule has 1 saturated heterocycles. The van der Waals surface area contributed by atoms with Crippen LogP contribution < -0.4 is 21.3 Å². The maximum Gasteiger partial charge on any atom is 0.407 e. The molecule has 2 amide bonds. The van der Waals surface area contributed by atoms with Crippen molar-refractivity contribution in [3.8, 4) is 0 Å². The number of alkyl carbamates (subject to hydrolysis) is 1. The van der Waals surface area contributed by atoms with E-state index in [1.165, 1.54) is 0 Å². The molecule has 29 heavy (non-hydrogen) atoms. The fourth-order valence-corrected chi connectivity index (χ4v) is 3.17. The third kappa shape index (κ3) is 10.9. The fourth-order valence-electron chi connectivity index (χ4n) is 3.17. The second kappa shape index (κ2) is 12.5. The summed E-state index contributed by atoms with van der Waals surface area (Å²) in [4.78, 5) is 30.0. The number of hydrogen-bond donors (Lipinski definition) is 4. The Balaban J connectivity index is 2.43. The predicted molar refractivity (Wildman–Crippen MR) is 116 cm³/mol. The highest BCUT2D eigenvalue weighted by Crippen LogP contribution is 2.10. The van der Waals surface area contributed by atoms with Gasteiger partial charge in [0.05, 0.1) is 6.54 Å². The third-order valence-electron chi connectivity index (χ3n) is 4.67. The van der Waals surface area contributed by atoms with Gasteiger partial charge in [-0.2, -0.15) is 0 Å². The molecule has 1 fully saturated rings. The van der Waals surface area contributed by atoms with E-state index in [9.17, 15) is 9.59 Å². The first-order valence-electron chi connectivity index (χ1n) is 10.6. The van der Waals surface area contributed by atoms with Gasteiger partial charge in [0.1, 0.15) is 5.60 Å². The number of piperidine rings is 1. The molecule has 0 aromatic carbocycles. The molecule has 4 N–H and O–H groups in total. The molecule has 168 valence electrons. The second-order valence-corrected chi connectivity index (χ2v) is 8.45. The van der Waals surface area contributed by atoms with E-state index in [1.54, 1.807) is 14.1 Å².